The number of nitrogens with zero attached hydrogens (tertiary/aromatic N) is 2. The maximum absolute atomic E-state index is 10.8. The number of rotatable bonds is 0. The first-order valence-electron chi connectivity index (χ1n) is 3.19. The third-order valence-electron chi connectivity index (χ3n) is 1.18. The molecule has 0 aromatic rings. The number of thioether (sulfide) groups is 1. The standard InChI is InChI=1S/C5H8N2OS.BH/c1-6-5-7(2)4(8)3-9-5;/h3H2,1-2H3;1H/i;1D. The Kier molecular flexibility index (Phi) is 2.80. The van der Waals surface area contributed by atoms with Crippen molar-refractivity contribution in [3.05, 3.63) is 0 Å². The maximum Gasteiger partial charge on any atom is 0.238 e. The quantitative estimate of drug-likeness (QED) is 0.445. The predicted molar refractivity (Wildman–Crippen MR) is 45.7 cm³/mol. The van der Waals surface area contributed by atoms with Gasteiger partial charge in [-0.1, -0.05) is 11.8 Å². The van der Waals surface area contributed by atoms with Crippen molar-refractivity contribution < 1.29 is 4.79 Å². The summed E-state index contributed by atoms with van der Waals surface area (Å²) >= 11 is 1.48. The fourth-order valence-electron chi connectivity index (χ4n) is 0.641. The minimum absolute atomic E-state index is 0.139. The van der Waals surface area contributed by atoms with E-state index in [0.717, 1.165) is 5.17 Å². The van der Waals surface area contributed by atoms with Gasteiger partial charge in [0.1, 0.15) is 0 Å². The Morgan fingerprint density at radius 2 is 2.50 bits per heavy atom. The van der Waals surface area contributed by atoms with Gasteiger partial charge in [0.25, 0.3) is 0 Å². The molecule has 5 heteroatoms. The molecule has 1 saturated heterocycles. The summed E-state index contributed by atoms with van der Waals surface area (Å²) in [6, 6.07) is 0. The Balaban J connectivity index is 0.000000461. The topological polar surface area (TPSA) is 32.7 Å². The summed E-state index contributed by atoms with van der Waals surface area (Å²) in [6.07, 6.45) is 0. The Morgan fingerprint density at radius 3 is 2.70 bits per heavy atom. The maximum atomic E-state index is 10.8. The van der Waals surface area contributed by atoms with E-state index < -0.39 is 0 Å². The lowest BCUT2D eigenvalue weighted by Crippen LogP contribution is -2.24. The lowest BCUT2D eigenvalue weighted by molar-refractivity contribution is -0.123. The van der Waals surface area contributed by atoms with Crippen molar-refractivity contribution in [3.63, 3.8) is 0 Å². The zero-order valence-corrected chi connectivity index (χ0v) is 6.81. The Bertz CT molecular complexity index is 176. The third kappa shape index (κ3) is 1.53. The van der Waals surface area contributed by atoms with Crippen LogP contribution in [0.15, 0.2) is 4.99 Å². The molecule has 1 aliphatic rings. The van der Waals surface area contributed by atoms with Gasteiger partial charge in [-0.05, 0) is 1.34 Å². The zero-order valence-electron chi connectivity index (χ0n) is 7.00. The van der Waals surface area contributed by atoms with E-state index in [2.05, 4.69) is 13.4 Å². The molecule has 3 nitrogen and oxygen atoms in total. The number of hydrogen-bond acceptors (Lipinski definition) is 3. The van der Waals surface area contributed by atoms with Crippen molar-refractivity contribution in [2.75, 3.05) is 19.8 Å². The summed E-state index contributed by atoms with van der Waals surface area (Å²) < 4.78 is 5.25. The molecule has 0 aromatic carbocycles. The molecule has 1 heterocycles. The highest BCUT2D eigenvalue weighted by molar-refractivity contribution is 8.15. The second-order valence-electron chi connectivity index (χ2n) is 1.75. The molecule has 1 rings (SSSR count). The highest BCUT2D eigenvalue weighted by Gasteiger charge is 2.22. The van der Waals surface area contributed by atoms with Gasteiger partial charge in [-0.15, -0.1) is 0 Å². The van der Waals surface area contributed by atoms with Crippen molar-refractivity contribution in [3.8, 4) is 0 Å². The fraction of sp³-hybridized carbons (Fsp3) is 0.600. The number of hydrogen-bond donors (Lipinski definition) is 0. The van der Waals surface area contributed by atoms with E-state index in [1.165, 1.54) is 11.8 Å². The first-order valence-corrected chi connectivity index (χ1v) is 3.60. The van der Waals surface area contributed by atoms with Crippen molar-refractivity contribution in [1.82, 2.24) is 4.90 Å². The molecule has 1 amide bonds. The van der Waals surface area contributed by atoms with Crippen LogP contribution < -0.4 is 0 Å². The van der Waals surface area contributed by atoms with Crippen molar-refractivity contribution in [1.29, 1.82) is 1.34 Å². The molecule has 0 N–H and O–H groups in total. The number of amides is 1. The molecule has 0 unspecified atom stereocenters. The normalized spacial score (nSPS) is 22.2. The molecule has 2 radical (unpaired) electrons. The molecule has 0 aromatic heterocycles. The second kappa shape index (κ2) is 3.66. The van der Waals surface area contributed by atoms with E-state index in [1.807, 2.05) is 0 Å². The zero-order chi connectivity index (χ0) is 8.85. The van der Waals surface area contributed by atoms with E-state index in [4.69, 9.17) is 1.34 Å². The molecule has 0 aliphatic carbocycles. The summed E-state index contributed by atoms with van der Waals surface area (Å²) in [7, 11) is 7.18. The lowest BCUT2D eigenvalue weighted by Gasteiger charge is -2.05. The number of aliphatic imine (C=N–C) groups is 1. The van der Waals surface area contributed by atoms with Crippen molar-refractivity contribution in [2.24, 2.45) is 4.99 Å². The van der Waals surface area contributed by atoms with Crippen LogP contribution in [0.4, 0.5) is 0 Å². The van der Waals surface area contributed by atoms with Gasteiger partial charge in [0.2, 0.25) is 5.91 Å². The average Bonchev–Trinajstić information content (AvgIpc) is 2.37. The number of carbonyl (C=O) groups is 1. The van der Waals surface area contributed by atoms with Crippen LogP contribution in [0.5, 0.6) is 0 Å². The van der Waals surface area contributed by atoms with Gasteiger partial charge in [-0.25, -0.2) is 0 Å². The van der Waals surface area contributed by atoms with Crippen molar-refractivity contribution >= 4 is 31.2 Å². The van der Waals surface area contributed by atoms with Gasteiger partial charge in [-0.2, -0.15) is 0 Å². The van der Waals surface area contributed by atoms with Crippen LogP contribution in [0.25, 0.3) is 0 Å². The molecule has 0 saturated carbocycles. The average molecular weight is 157 g/mol. The summed E-state index contributed by atoms with van der Waals surface area (Å²) in [5, 5.41) is 0.819. The molecule has 1 fully saturated rings. The highest BCUT2D eigenvalue weighted by Crippen LogP contribution is 2.16. The summed E-state index contributed by atoms with van der Waals surface area (Å²) in [6.45, 7) is 0. The Morgan fingerprint density at radius 1 is 1.90 bits per heavy atom. The largest absolute Gasteiger partial charge is 0.294 e. The smallest absolute Gasteiger partial charge is 0.238 e. The molecular formula is C5H9BN2OS. The first-order chi connectivity index (χ1) is 5.25. The summed E-state index contributed by atoms with van der Waals surface area (Å²) in [5.41, 5.74) is 0. The summed E-state index contributed by atoms with van der Waals surface area (Å²) in [5.74, 6) is 0.684. The van der Waals surface area contributed by atoms with Gasteiger partial charge in [0.05, 0.1) is 5.75 Å². The predicted octanol–water partition coefficient (Wildman–Crippen LogP) is -0.471. The minimum Gasteiger partial charge on any atom is -0.294 e. The Labute approximate surface area is 67.8 Å². The molecule has 0 spiro atoms. The van der Waals surface area contributed by atoms with Crippen LogP contribution >= 0.6 is 11.8 Å². The van der Waals surface area contributed by atoms with E-state index in [1.54, 1.807) is 19.0 Å². The van der Waals surface area contributed by atoms with Crippen LogP contribution in [0.2, 0.25) is 0 Å². The van der Waals surface area contributed by atoms with Crippen LogP contribution in [0.3, 0.4) is 0 Å². The van der Waals surface area contributed by atoms with Crippen LogP contribution in [-0.2, 0) is 4.79 Å². The lowest BCUT2D eigenvalue weighted by atomic mass is 10.6. The van der Waals surface area contributed by atoms with Crippen LogP contribution in [0.1, 0.15) is 0 Å². The van der Waals surface area contributed by atoms with Gasteiger partial charge in [-0.3, -0.25) is 14.7 Å². The van der Waals surface area contributed by atoms with E-state index in [-0.39, 0.29) is 5.91 Å². The second-order valence-corrected chi connectivity index (χ2v) is 2.69. The molecule has 0 bridgehead atoms. The molecule has 10 heavy (non-hydrogen) atoms. The Hall–Kier alpha value is -0.445. The van der Waals surface area contributed by atoms with E-state index >= 15 is 0 Å². The monoisotopic (exact) mass is 157 g/mol. The summed E-state index contributed by atoms with van der Waals surface area (Å²) in [4.78, 5) is 16.2. The molecule has 1 aliphatic heterocycles. The first kappa shape index (κ1) is 7.66. The van der Waals surface area contributed by atoms with E-state index in [9.17, 15) is 4.79 Å². The van der Waals surface area contributed by atoms with Gasteiger partial charge >= 0.3 is 0 Å². The van der Waals surface area contributed by atoms with Gasteiger partial charge < -0.3 is 0 Å². The third-order valence-corrected chi connectivity index (χ3v) is 2.28. The fourth-order valence-corrected chi connectivity index (χ4v) is 1.51. The van der Waals surface area contributed by atoms with Crippen LogP contribution in [0, 0.1) is 0 Å². The van der Waals surface area contributed by atoms with Crippen LogP contribution in [-0.4, -0.2) is 45.5 Å². The number of amidine groups is 1. The molecular weight excluding hydrogens is 147 g/mol. The highest BCUT2D eigenvalue weighted by atomic mass is 32.2. The SMILES string of the molecule is CN=C1SCC(=O)N1C.[2H][B]. The van der Waals surface area contributed by atoms with Gasteiger partial charge in [0, 0.05) is 22.5 Å². The minimum atomic E-state index is 0.139. The van der Waals surface area contributed by atoms with Crippen molar-refractivity contribution in [2.45, 2.75) is 0 Å². The van der Waals surface area contributed by atoms with Gasteiger partial charge in [0.15, 0.2) is 5.17 Å². The molecule has 54 valence electrons. The number of carbonyl (C=O) groups excluding carboxylic acids is 1. The van der Waals surface area contributed by atoms with E-state index in [0.29, 0.717) is 5.75 Å². The molecule has 0 atom stereocenters.